The molecule has 3 nitrogen and oxygen atoms in total. The average Bonchev–Trinajstić information content (AvgIpc) is 3.07. The molecule has 0 radical (unpaired) electrons. The van der Waals surface area contributed by atoms with Gasteiger partial charge in [0.1, 0.15) is 5.82 Å². The van der Waals surface area contributed by atoms with Crippen LogP contribution in [0.15, 0.2) is 30.9 Å². The first-order valence-electron chi connectivity index (χ1n) is 7.16. The van der Waals surface area contributed by atoms with Crippen LogP contribution in [-0.2, 0) is 4.79 Å². The molecule has 0 N–H and O–H groups in total. The van der Waals surface area contributed by atoms with E-state index in [1.807, 2.05) is 6.07 Å². The van der Waals surface area contributed by atoms with Gasteiger partial charge in [0.25, 0.3) is 0 Å². The zero-order valence-corrected chi connectivity index (χ0v) is 11.5. The van der Waals surface area contributed by atoms with Crippen molar-refractivity contribution in [2.24, 2.45) is 5.92 Å². The molecule has 1 aromatic carbocycles. The quantitative estimate of drug-likeness (QED) is 0.791. The van der Waals surface area contributed by atoms with Crippen molar-refractivity contribution in [3.8, 4) is 0 Å². The largest absolute Gasteiger partial charge is 0.369 e. The molecule has 1 amide bonds. The summed E-state index contributed by atoms with van der Waals surface area (Å²) in [6.07, 6.45) is 4.51. The maximum Gasteiger partial charge on any atom is 0.227 e. The Hall–Kier alpha value is -1.84. The van der Waals surface area contributed by atoms with Crippen molar-refractivity contribution in [1.82, 2.24) is 0 Å². The molecule has 1 unspecified atom stereocenters. The van der Waals surface area contributed by atoms with Crippen molar-refractivity contribution >= 4 is 17.3 Å². The van der Waals surface area contributed by atoms with E-state index in [4.69, 9.17) is 0 Å². The molecule has 2 aliphatic heterocycles. The minimum atomic E-state index is -0.237. The van der Waals surface area contributed by atoms with E-state index in [-0.39, 0.29) is 17.6 Å². The number of anilines is 2. The molecular weight excluding hydrogens is 255 g/mol. The zero-order chi connectivity index (χ0) is 14.1. The van der Waals surface area contributed by atoms with Gasteiger partial charge in [-0.2, -0.15) is 0 Å². The first-order chi connectivity index (χ1) is 9.69. The third kappa shape index (κ3) is 2.30. The normalized spacial score (nSPS) is 22.6. The number of carbonyl (C=O) groups excluding carboxylic acids is 1. The number of hydrogen-bond acceptors (Lipinski definition) is 2. The van der Waals surface area contributed by atoms with Crippen molar-refractivity contribution < 1.29 is 9.18 Å². The van der Waals surface area contributed by atoms with Gasteiger partial charge >= 0.3 is 0 Å². The fourth-order valence-electron chi connectivity index (χ4n) is 3.02. The van der Waals surface area contributed by atoms with Gasteiger partial charge in [0.15, 0.2) is 0 Å². The molecule has 2 saturated heterocycles. The Bertz CT molecular complexity index is 537. The highest BCUT2D eigenvalue weighted by molar-refractivity contribution is 5.96. The van der Waals surface area contributed by atoms with E-state index in [9.17, 15) is 9.18 Å². The van der Waals surface area contributed by atoms with Crippen LogP contribution in [0.2, 0.25) is 0 Å². The van der Waals surface area contributed by atoms with Gasteiger partial charge in [-0.05, 0) is 31.0 Å². The van der Waals surface area contributed by atoms with Crippen molar-refractivity contribution in [2.75, 3.05) is 29.4 Å². The summed E-state index contributed by atoms with van der Waals surface area (Å²) in [6.45, 7) is 6.16. The first-order valence-corrected chi connectivity index (χ1v) is 7.16. The fraction of sp³-hybridized carbons (Fsp3) is 0.438. The van der Waals surface area contributed by atoms with E-state index >= 15 is 0 Å². The molecule has 0 aliphatic carbocycles. The lowest BCUT2D eigenvalue weighted by molar-refractivity contribution is -0.117. The second-order valence-electron chi connectivity index (χ2n) is 5.53. The molecule has 2 heterocycles. The molecule has 0 bridgehead atoms. The highest BCUT2D eigenvalue weighted by Crippen LogP contribution is 2.30. The van der Waals surface area contributed by atoms with Crippen LogP contribution >= 0.6 is 0 Å². The van der Waals surface area contributed by atoms with E-state index < -0.39 is 0 Å². The molecule has 0 aromatic heterocycles. The summed E-state index contributed by atoms with van der Waals surface area (Å²) in [5, 5.41) is 0. The van der Waals surface area contributed by atoms with Crippen molar-refractivity contribution in [2.45, 2.75) is 19.3 Å². The van der Waals surface area contributed by atoms with Gasteiger partial charge in [-0.15, -0.1) is 6.58 Å². The van der Waals surface area contributed by atoms with Crippen LogP contribution in [0.25, 0.3) is 0 Å². The Morgan fingerprint density at radius 1 is 1.30 bits per heavy atom. The highest BCUT2D eigenvalue weighted by Gasteiger charge is 2.29. The number of nitrogens with zero attached hydrogens (tertiary/aromatic N) is 2. The number of hydrogen-bond donors (Lipinski definition) is 0. The SMILES string of the molecule is C=CC1CC(=O)N(c2ccc(N3CCCC3)c(F)c2)C1. The van der Waals surface area contributed by atoms with Crippen LogP contribution in [0, 0.1) is 11.7 Å². The van der Waals surface area contributed by atoms with Crippen molar-refractivity contribution in [1.29, 1.82) is 0 Å². The smallest absolute Gasteiger partial charge is 0.227 e. The zero-order valence-electron chi connectivity index (χ0n) is 11.5. The summed E-state index contributed by atoms with van der Waals surface area (Å²) in [4.78, 5) is 15.7. The van der Waals surface area contributed by atoms with Crippen molar-refractivity contribution in [3.63, 3.8) is 0 Å². The predicted octanol–water partition coefficient (Wildman–Crippen LogP) is 2.96. The molecule has 1 aromatic rings. The number of halogens is 1. The summed E-state index contributed by atoms with van der Waals surface area (Å²) < 4.78 is 14.3. The van der Waals surface area contributed by atoms with Gasteiger partial charge in [-0.25, -0.2) is 4.39 Å². The maximum atomic E-state index is 14.3. The van der Waals surface area contributed by atoms with Crippen LogP contribution in [0.5, 0.6) is 0 Å². The summed E-state index contributed by atoms with van der Waals surface area (Å²) >= 11 is 0. The summed E-state index contributed by atoms with van der Waals surface area (Å²) in [5.41, 5.74) is 1.30. The maximum absolute atomic E-state index is 14.3. The third-order valence-electron chi connectivity index (χ3n) is 4.18. The lowest BCUT2D eigenvalue weighted by atomic mass is 10.1. The highest BCUT2D eigenvalue weighted by atomic mass is 19.1. The molecule has 1 atom stereocenters. The van der Waals surface area contributed by atoms with Crippen LogP contribution in [0.3, 0.4) is 0 Å². The molecule has 20 heavy (non-hydrogen) atoms. The van der Waals surface area contributed by atoms with Crippen LogP contribution in [-0.4, -0.2) is 25.5 Å². The Labute approximate surface area is 118 Å². The second-order valence-corrected chi connectivity index (χ2v) is 5.53. The summed E-state index contributed by atoms with van der Waals surface area (Å²) in [6, 6.07) is 5.13. The summed E-state index contributed by atoms with van der Waals surface area (Å²) in [7, 11) is 0. The van der Waals surface area contributed by atoms with Gasteiger partial charge < -0.3 is 9.80 Å². The number of amides is 1. The molecule has 3 rings (SSSR count). The molecule has 106 valence electrons. The van der Waals surface area contributed by atoms with Crippen LogP contribution in [0.4, 0.5) is 15.8 Å². The lowest BCUT2D eigenvalue weighted by Crippen LogP contribution is -2.25. The Balaban J connectivity index is 1.83. The van der Waals surface area contributed by atoms with Crippen LogP contribution in [0.1, 0.15) is 19.3 Å². The first kappa shape index (κ1) is 13.2. The molecular formula is C16H19FN2O. The standard InChI is InChI=1S/C16H19FN2O/c1-2-12-9-16(20)19(11-12)13-5-6-15(14(17)10-13)18-7-3-4-8-18/h2,5-6,10,12H,1,3-4,7-9,11H2. The molecule has 2 aliphatic rings. The molecule has 4 heteroatoms. The Morgan fingerprint density at radius 2 is 2.05 bits per heavy atom. The van der Waals surface area contributed by atoms with E-state index in [0.29, 0.717) is 24.3 Å². The monoisotopic (exact) mass is 274 g/mol. The van der Waals surface area contributed by atoms with E-state index in [2.05, 4.69) is 11.5 Å². The van der Waals surface area contributed by atoms with Gasteiger partial charge in [-0.3, -0.25) is 4.79 Å². The molecule has 0 saturated carbocycles. The second kappa shape index (κ2) is 5.27. The van der Waals surface area contributed by atoms with Crippen LogP contribution < -0.4 is 9.80 Å². The van der Waals surface area contributed by atoms with Gasteiger partial charge in [0.2, 0.25) is 5.91 Å². The van der Waals surface area contributed by atoms with Crippen molar-refractivity contribution in [3.05, 3.63) is 36.7 Å². The summed E-state index contributed by atoms with van der Waals surface area (Å²) in [5.74, 6) is -0.0219. The predicted molar refractivity (Wildman–Crippen MR) is 78.5 cm³/mol. The number of rotatable bonds is 3. The van der Waals surface area contributed by atoms with Gasteiger partial charge in [0, 0.05) is 37.7 Å². The average molecular weight is 274 g/mol. The van der Waals surface area contributed by atoms with Gasteiger partial charge in [-0.1, -0.05) is 6.08 Å². The Kier molecular flexibility index (Phi) is 3.47. The van der Waals surface area contributed by atoms with Gasteiger partial charge in [0.05, 0.1) is 5.69 Å². The lowest BCUT2D eigenvalue weighted by Gasteiger charge is -2.21. The van der Waals surface area contributed by atoms with E-state index in [1.54, 1.807) is 17.0 Å². The number of benzene rings is 1. The minimum absolute atomic E-state index is 0.0447. The van der Waals surface area contributed by atoms with E-state index in [1.165, 1.54) is 6.07 Å². The molecule has 2 fully saturated rings. The topological polar surface area (TPSA) is 23.6 Å². The number of carbonyl (C=O) groups is 1. The molecule has 0 spiro atoms. The van der Waals surface area contributed by atoms with E-state index in [0.717, 1.165) is 25.9 Å². The third-order valence-corrected chi connectivity index (χ3v) is 4.18. The Morgan fingerprint density at radius 3 is 2.65 bits per heavy atom. The minimum Gasteiger partial charge on any atom is -0.369 e. The fourth-order valence-corrected chi connectivity index (χ4v) is 3.02.